The highest BCUT2D eigenvalue weighted by molar-refractivity contribution is 5.20. The van der Waals surface area contributed by atoms with Crippen molar-refractivity contribution in [1.29, 1.82) is 0 Å². The van der Waals surface area contributed by atoms with Crippen molar-refractivity contribution >= 4 is 0 Å². The van der Waals surface area contributed by atoms with E-state index in [0.29, 0.717) is 13.0 Å². The number of benzene rings is 1. The van der Waals surface area contributed by atoms with Crippen molar-refractivity contribution in [2.45, 2.75) is 82.1 Å². The minimum absolute atomic E-state index is 0.326. The Hall–Kier alpha value is -0.980. The molecular formula is C19H26O5. The maximum absolute atomic E-state index is 10.9. The van der Waals surface area contributed by atoms with Gasteiger partial charge in [0.25, 0.3) is 0 Å². The van der Waals surface area contributed by atoms with Crippen LogP contribution in [0.4, 0.5) is 0 Å². The summed E-state index contributed by atoms with van der Waals surface area (Å²) in [7, 11) is 0. The molecule has 24 heavy (non-hydrogen) atoms. The molecule has 0 aromatic heterocycles. The first-order chi connectivity index (χ1) is 11.4. The Morgan fingerprint density at radius 3 is 2.46 bits per heavy atom. The molecule has 1 aliphatic carbocycles. The van der Waals surface area contributed by atoms with E-state index in [-0.39, 0.29) is 12.2 Å². The lowest BCUT2D eigenvalue weighted by molar-refractivity contribution is -0.270. The average molecular weight is 334 g/mol. The van der Waals surface area contributed by atoms with Crippen LogP contribution in [0.1, 0.15) is 45.6 Å². The SMILES string of the molecule is CC[C@@]1(C2(O)CC2)O[C@@H]2OC(C)(C)O[C@H]2C1OCc1ccccc1. The lowest BCUT2D eigenvalue weighted by atomic mass is 9.84. The van der Waals surface area contributed by atoms with Gasteiger partial charge in [-0.1, -0.05) is 37.3 Å². The molecule has 3 aliphatic rings. The quantitative estimate of drug-likeness (QED) is 0.897. The van der Waals surface area contributed by atoms with Crippen molar-refractivity contribution in [2.24, 2.45) is 0 Å². The van der Waals surface area contributed by atoms with Crippen LogP contribution in [0.15, 0.2) is 30.3 Å². The van der Waals surface area contributed by atoms with Crippen LogP contribution in [0, 0.1) is 0 Å². The summed E-state index contributed by atoms with van der Waals surface area (Å²) in [4.78, 5) is 0. The van der Waals surface area contributed by atoms with Crippen LogP contribution in [0.3, 0.4) is 0 Å². The third-order valence-corrected chi connectivity index (χ3v) is 5.48. The maximum Gasteiger partial charge on any atom is 0.190 e. The zero-order chi connectivity index (χ0) is 17.0. The predicted molar refractivity (Wildman–Crippen MR) is 87.1 cm³/mol. The molecule has 2 heterocycles. The molecule has 5 heteroatoms. The van der Waals surface area contributed by atoms with E-state index in [2.05, 4.69) is 0 Å². The molecule has 3 fully saturated rings. The summed E-state index contributed by atoms with van der Waals surface area (Å²) >= 11 is 0. The molecule has 5 nitrogen and oxygen atoms in total. The molecule has 0 bridgehead atoms. The Balaban J connectivity index is 1.60. The molecule has 1 aromatic carbocycles. The molecule has 2 aliphatic heterocycles. The zero-order valence-corrected chi connectivity index (χ0v) is 14.5. The van der Waals surface area contributed by atoms with Crippen molar-refractivity contribution < 1.29 is 24.1 Å². The monoisotopic (exact) mass is 334 g/mol. The molecule has 1 saturated carbocycles. The molecular weight excluding hydrogens is 308 g/mol. The van der Waals surface area contributed by atoms with Gasteiger partial charge in [-0.25, -0.2) is 0 Å². The molecule has 0 spiro atoms. The first kappa shape index (κ1) is 16.5. The van der Waals surface area contributed by atoms with E-state index in [0.717, 1.165) is 18.4 Å². The smallest absolute Gasteiger partial charge is 0.190 e. The van der Waals surface area contributed by atoms with Gasteiger partial charge >= 0.3 is 0 Å². The van der Waals surface area contributed by atoms with Gasteiger partial charge in [0.05, 0.1) is 12.2 Å². The van der Waals surface area contributed by atoms with E-state index in [1.54, 1.807) is 0 Å². The normalized spacial score (nSPS) is 38.9. The van der Waals surface area contributed by atoms with Gasteiger partial charge < -0.3 is 24.1 Å². The average Bonchev–Trinajstić information content (AvgIpc) is 3.14. The molecule has 2 saturated heterocycles. The minimum atomic E-state index is -0.843. The van der Waals surface area contributed by atoms with E-state index in [1.807, 2.05) is 51.1 Å². The van der Waals surface area contributed by atoms with Gasteiger partial charge in [-0.05, 0) is 38.7 Å². The minimum Gasteiger partial charge on any atom is -0.387 e. The molecule has 4 atom stereocenters. The van der Waals surface area contributed by atoms with E-state index in [4.69, 9.17) is 18.9 Å². The van der Waals surface area contributed by atoms with Crippen molar-refractivity contribution in [3.05, 3.63) is 35.9 Å². The number of ether oxygens (including phenoxy) is 4. The van der Waals surface area contributed by atoms with Crippen molar-refractivity contribution in [3.63, 3.8) is 0 Å². The third-order valence-electron chi connectivity index (χ3n) is 5.48. The maximum atomic E-state index is 10.9. The molecule has 4 rings (SSSR count). The highest BCUT2D eigenvalue weighted by atomic mass is 16.8. The fourth-order valence-corrected chi connectivity index (χ4v) is 4.11. The molecule has 0 radical (unpaired) electrons. The van der Waals surface area contributed by atoms with E-state index >= 15 is 0 Å². The van der Waals surface area contributed by atoms with Crippen molar-refractivity contribution in [3.8, 4) is 0 Å². The summed E-state index contributed by atoms with van der Waals surface area (Å²) in [5.74, 6) is -0.699. The van der Waals surface area contributed by atoms with Gasteiger partial charge in [-0.2, -0.15) is 0 Å². The van der Waals surface area contributed by atoms with Gasteiger partial charge in [-0.3, -0.25) is 0 Å². The summed E-state index contributed by atoms with van der Waals surface area (Å²) in [6, 6.07) is 10.0. The first-order valence-corrected chi connectivity index (χ1v) is 8.80. The second kappa shape index (κ2) is 5.51. The van der Waals surface area contributed by atoms with Crippen LogP contribution < -0.4 is 0 Å². The highest BCUT2D eigenvalue weighted by Gasteiger charge is 2.72. The third kappa shape index (κ3) is 2.50. The standard InChI is InChI=1S/C19H26O5/c1-4-19(18(20)10-11-18)15(21-12-13-8-6-5-7-9-13)14-16(24-19)23-17(2,3)22-14/h5-9,14-16,20H,4,10-12H2,1-3H3/t14-,15?,16-,19+/m0/s1. The number of rotatable bonds is 5. The highest BCUT2D eigenvalue weighted by Crippen LogP contribution is 2.57. The Morgan fingerprint density at radius 2 is 1.83 bits per heavy atom. The molecule has 132 valence electrons. The number of aliphatic hydroxyl groups is 1. The Morgan fingerprint density at radius 1 is 1.12 bits per heavy atom. The Bertz CT molecular complexity index is 597. The van der Waals surface area contributed by atoms with Crippen LogP contribution in [0.25, 0.3) is 0 Å². The number of fused-ring (bicyclic) bond motifs is 1. The Labute approximate surface area is 142 Å². The van der Waals surface area contributed by atoms with Gasteiger partial charge in [0.1, 0.15) is 17.8 Å². The van der Waals surface area contributed by atoms with Crippen LogP contribution in [0.5, 0.6) is 0 Å². The molecule has 1 N–H and O–H groups in total. The summed E-state index contributed by atoms with van der Waals surface area (Å²) in [5.41, 5.74) is -0.523. The van der Waals surface area contributed by atoms with Crippen molar-refractivity contribution in [1.82, 2.24) is 0 Å². The molecule has 1 unspecified atom stereocenters. The summed E-state index contributed by atoms with van der Waals surface area (Å²) in [6.07, 6.45) is 0.938. The lowest BCUT2D eigenvalue weighted by Gasteiger charge is -2.40. The fraction of sp³-hybridized carbons (Fsp3) is 0.684. The van der Waals surface area contributed by atoms with E-state index in [1.165, 1.54) is 0 Å². The van der Waals surface area contributed by atoms with Crippen LogP contribution in [-0.4, -0.2) is 40.6 Å². The number of hydrogen-bond acceptors (Lipinski definition) is 5. The van der Waals surface area contributed by atoms with E-state index < -0.39 is 23.3 Å². The van der Waals surface area contributed by atoms with Crippen molar-refractivity contribution in [2.75, 3.05) is 0 Å². The fourth-order valence-electron chi connectivity index (χ4n) is 4.11. The number of hydrogen-bond donors (Lipinski definition) is 1. The van der Waals surface area contributed by atoms with Gasteiger partial charge in [0.2, 0.25) is 0 Å². The molecule has 0 amide bonds. The second-order valence-corrected chi connectivity index (χ2v) is 7.58. The van der Waals surface area contributed by atoms with Crippen LogP contribution >= 0.6 is 0 Å². The summed E-state index contributed by atoms with van der Waals surface area (Å²) < 4.78 is 24.5. The molecule has 1 aromatic rings. The first-order valence-electron chi connectivity index (χ1n) is 8.80. The van der Waals surface area contributed by atoms with Crippen LogP contribution in [0.2, 0.25) is 0 Å². The second-order valence-electron chi connectivity index (χ2n) is 7.58. The Kier molecular flexibility index (Phi) is 3.79. The van der Waals surface area contributed by atoms with E-state index in [9.17, 15) is 5.11 Å². The summed E-state index contributed by atoms with van der Waals surface area (Å²) in [6.45, 7) is 6.24. The summed E-state index contributed by atoms with van der Waals surface area (Å²) in [5, 5.41) is 10.9. The largest absolute Gasteiger partial charge is 0.387 e. The topological polar surface area (TPSA) is 57.2 Å². The van der Waals surface area contributed by atoms with Gasteiger partial charge in [-0.15, -0.1) is 0 Å². The van der Waals surface area contributed by atoms with Crippen LogP contribution in [-0.2, 0) is 25.6 Å². The lowest BCUT2D eigenvalue weighted by Crippen LogP contribution is -2.55. The predicted octanol–water partition coefficient (Wildman–Crippen LogP) is 2.75. The zero-order valence-electron chi connectivity index (χ0n) is 14.5. The van der Waals surface area contributed by atoms with Gasteiger partial charge in [0.15, 0.2) is 12.1 Å². The van der Waals surface area contributed by atoms with Gasteiger partial charge in [0, 0.05) is 0 Å².